The van der Waals surface area contributed by atoms with E-state index >= 15 is 0 Å². The van der Waals surface area contributed by atoms with Crippen molar-refractivity contribution in [3.8, 4) is 0 Å². The third-order valence-corrected chi connectivity index (χ3v) is 3.16. The molecule has 0 saturated carbocycles. The average Bonchev–Trinajstić information content (AvgIpc) is 2.28. The molecule has 1 aliphatic rings. The maximum atomic E-state index is 11.5. The van der Waals surface area contributed by atoms with Gasteiger partial charge in [-0.1, -0.05) is 13.3 Å². The second kappa shape index (κ2) is 5.95. The van der Waals surface area contributed by atoms with E-state index < -0.39 is 0 Å². The molecule has 1 saturated heterocycles. The van der Waals surface area contributed by atoms with Gasteiger partial charge in [0, 0.05) is 19.1 Å². The molecule has 15 heavy (non-hydrogen) atoms. The van der Waals surface area contributed by atoms with Crippen molar-refractivity contribution >= 4 is 6.09 Å². The van der Waals surface area contributed by atoms with E-state index in [2.05, 4.69) is 12.2 Å². The first-order valence-corrected chi connectivity index (χ1v) is 5.81. The van der Waals surface area contributed by atoms with Gasteiger partial charge in [-0.15, -0.1) is 0 Å². The molecule has 1 fully saturated rings. The van der Waals surface area contributed by atoms with Crippen molar-refractivity contribution in [3.63, 3.8) is 0 Å². The predicted molar refractivity (Wildman–Crippen MR) is 59.8 cm³/mol. The van der Waals surface area contributed by atoms with E-state index in [4.69, 9.17) is 4.74 Å². The summed E-state index contributed by atoms with van der Waals surface area (Å²) >= 11 is 0. The minimum atomic E-state index is -0.162. The molecular formula is C11H22N2O2. The average molecular weight is 214 g/mol. The summed E-state index contributed by atoms with van der Waals surface area (Å²) < 4.78 is 5.01. The lowest BCUT2D eigenvalue weighted by atomic mass is 9.90. The Morgan fingerprint density at radius 1 is 1.53 bits per heavy atom. The van der Waals surface area contributed by atoms with Gasteiger partial charge in [0.25, 0.3) is 0 Å². The third-order valence-electron chi connectivity index (χ3n) is 3.16. The van der Waals surface area contributed by atoms with Gasteiger partial charge in [-0.2, -0.15) is 0 Å². The van der Waals surface area contributed by atoms with Crippen molar-refractivity contribution in [2.45, 2.75) is 32.7 Å². The van der Waals surface area contributed by atoms with Crippen LogP contribution < -0.4 is 5.32 Å². The van der Waals surface area contributed by atoms with E-state index in [9.17, 15) is 4.79 Å². The van der Waals surface area contributed by atoms with Crippen LogP contribution in [0.5, 0.6) is 0 Å². The molecule has 1 amide bonds. The van der Waals surface area contributed by atoms with Gasteiger partial charge in [-0.25, -0.2) is 4.79 Å². The van der Waals surface area contributed by atoms with E-state index in [1.165, 1.54) is 0 Å². The summed E-state index contributed by atoms with van der Waals surface area (Å²) in [5, 5.41) is 3.32. The Hall–Kier alpha value is -0.770. The number of nitrogens with zero attached hydrogens (tertiary/aromatic N) is 1. The minimum Gasteiger partial charge on any atom is -0.450 e. The van der Waals surface area contributed by atoms with Crippen molar-refractivity contribution in [1.29, 1.82) is 0 Å². The second-order valence-electron chi connectivity index (χ2n) is 4.00. The van der Waals surface area contributed by atoms with Crippen molar-refractivity contribution in [2.75, 3.05) is 26.7 Å². The number of piperidine rings is 1. The molecule has 4 nitrogen and oxygen atoms in total. The molecule has 0 aromatic heterocycles. The zero-order valence-corrected chi connectivity index (χ0v) is 9.95. The van der Waals surface area contributed by atoms with Gasteiger partial charge in [-0.3, -0.25) is 0 Å². The Morgan fingerprint density at radius 2 is 2.27 bits per heavy atom. The normalized spacial score (nSPS) is 26.5. The fourth-order valence-electron chi connectivity index (χ4n) is 2.21. The number of hydrogen-bond donors (Lipinski definition) is 1. The number of rotatable bonds is 3. The third kappa shape index (κ3) is 3.09. The van der Waals surface area contributed by atoms with Crippen LogP contribution in [0.15, 0.2) is 0 Å². The molecule has 0 spiro atoms. The molecule has 1 N–H and O–H groups in total. The van der Waals surface area contributed by atoms with Gasteiger partial charge in [0.2, 0.25) is 0 Å². The van der Waals surface area contributed by atoms with Crippen LogP contribution in [0.2, 0.25) is 0 Å². The maximum Gasteiger partial charge on any atom is 0.409 e. The lowest BCUT2D eigenvalue weighted by Gasteiger charge is -2.37. The summed E-state index contributed by atoms with van der Waals surface area (Å²) in [5.41, 5.74) is 0. The van der Waals surface area contributed by atoms with Crippen LogP contribution in [0.25, 0.3) is 0 Å². The first kappa shape index (κ1) is 12.3. The lowest BCUT2D eigenvalue weighted by Crippen LogP contribution is -2.50. The molecule has 1 aliphatic heterocycles. The fraction of sp³-hybridized carbons (Fsp3) is 0.909. The summed E-state index contributed by atoms with van der Waals surface area (Å²) in [6.07, 6.45) is 1.96. The van der Waals surface area contributed by atoms with E-state index in [-0.39, 0.29) is 6.09 Å². The molecule has 2 atom stereocenters. The highest BCUT2D eigenvalue weighted by molar-refractivity contribution is 5.67. The Balaban J connectivity index is 2.48. The quantitative estimate of drug-likeness (QED) is 0.773. The first-order valence-electron chi connectivity index (χ1n) is 5.81. The van der Waals surface area contributed by atoms with Gasteiger partial charge in [-0.05, 0) is 26.3 Å². The molecule has 2 unspecified atom stereocenters. The monoisotopic (exact) mass is 214 g/mol. The van der Waals surface area contributed by atoms with Crippen LogP contribution in [0.1, 0.15) is 26.7 Å². The molecule has 0 radical (unpaired) electrons. The lowest BCUT2D eigenvalue weighted by molar-refractivity contribution is 0.0792. The number of amides is 1. The van der Waals surface area contributed by atoms with Crippen molar-refractivity contribution in [3.05, 3.63) is 0 Å². The van der Waals surface area contributed by atoms with Crippen LogP contribution in [-0.4, -0.2) is 43.8 Å². The highest BCUT2D eigenvalue weighted by atomic mass is 16.6. The van der Waals surface area contributed by atoms with E-state index in [1.54, 1.807) is 0 Å². The van der Waals surface area contributed by atoms with Crippen LogP contribution in [-0.2, 0) is 4.74 Å². The van der Waals surface area contributed by atoms with Gasteiger partial charge in [0.1, 0.15) is 0 Å². The summed E-state index contributed by atoms with van der Waals surface area (Å²) in [6, 6.07) is 0.542. The zero-order chi connectivity index (χ0) is 11.3. The Bertz CT molecular complexity index is 209. The van der Waals surface area contributed by atoms with E-state index in [1.807, 2.05) is 18.9 Å². The number of carbonyl (C=O) groups is 1. The van der Waals surface area contributed by atoms with E-state index in [0.29, 0.717) is 18.6 Å². The molecule has 0 bridgehead atoms. The van der Waals surface area contributed by atoms with Gasteiger partial charge < -0.3 is 15.0 Å². The van der Waals surface area contributed by atoms with Crippen LogP contribution in [0.3, 0.4) is 0 Å². The maximum absolute atomic E-state index is 11.5. The van der Waals surface area contributed by atoms with Crippen LogP contribution in [0, 0.1) is 5.92 Å². The van der Waals surface area contributed by atoms with Gasteiger partial charge in [0.05, 0.1) is 6.61 Å². The SMILES string of the molecule is CCOC(=O)N1CCC(NC)C(CC)C1. The Labute approximate surface area is 92.0 Å². The topological polar surface area (TPSA) is 41.6 Å². The summed E-state index contributed by atoms with van der Waals surface area (Å²) in [5.74, 6) is 0.549. The smallest absolute Gasteiger partial charge is 0.409 e. The highest BCUT2D eigenvalue weighted by Crippen LogP contribution is 2.20. The molecular weight excluding hydrogens is 192 g/mol. The molecule has 1 heterocycles. The summed E-state index contributed by atoms with van der Waals surface area (Å²) in [6.45, 7) is 6.10. The largest absolute Gasteiger partial charge is 0.450 e. The van der Waals surface area contributed by atoms with Gasteiger partial charge in [0.15, 0.2) is 0 Å². The van der Waals surface area contributed by atoms with E-state index in [0.717, 1.165) is 25.9 Å². The van der Waals surface area contributed by atoms with Gasteiger partial charge >= 0.3 is 6.09 Å². The standard InChI is InChI=1S/C11H22N2O2/c1-4-9-8-13(11(14)15-5-2)7-6-10(9)12-3/h9-10,12H,4-8H2,1-3H3. The molecule has 0 aromatic carbocycles. The minimum absolute atomic E-state index is 0.162. The summed E-state index contributed by atoms with van der Waals surface area (Å²) in [7, 11) is 1.99. The van der Waals surface area contributed by atoms with Crippen LogP contribution in [0.4, 0.5) is 4.79 Å². The van der Waals surface area contributed by atoms with Crippen LogP contribution >= 0.6 is 0 Å². The van der Waals surface area contributed by atoms with Crippen molar-refractivity contribution < 1.29 is 9.53 Å². The number of ether oxygens (including phenoxy) is 1. The molecule has 88 valence electrons. The highest BCUT2D eigenvalue weighted by Gasteiger charge is 2.29. The predicted octanol–water partition coefficient (Wildman–Crippen LogP) is 1.46. The zero-order valence-electron chi connectivity index (χ0n) is 9.95. The molecule has 1 rings (SSSR count). The number of carbonyl (C=O) groups excluding carboxylic acids is 1. The summed E-state index contributed by atoms with van der Waals surface area (Å²) in [4.78, 5) is 13.4. The molecule has 0 aromatic rings. The Kier molecular flexibility index (Phi) is 4.88. The number of likely N-dealkylation sites (tertiary alicyclic amines) is 1. The van der Waals surface area contributed by atoms with Crippen molar-refractivity contribution in [2.24, 2.45) is 5.92 Å². The van der Waals surface area contributed by atoms with Crippen molar-refractivity contribution in [1.82, 2.24) is 10.2 Å². The fourth-order valence-corrected chi connectivity index (χ4v) is 2.21. The first-order chi connectivity index (χ1) is 7.22. The molecule has 4 heteroatoms. The molecule has 0 aliphatic carbocycles. The number of nitrogens with one attached hydrogen (secondary N) is 1. The number of hydrogen-bond acceptors (Lipinski definition) is 3. The second-order valence-corrected chi connectivity index (χ2v) is 4.00. The Morgan fingerprint density at radius 3 is 2.80 bits per heavy atom.